The number of benzene rings is 2. The van der Waals surface area contributed by atoms with Gasteiger partial charge in [0.05, 0.1) is 12.7 Å². The van der Waals surface area contributed by atoms with Crippen LogP contribution in [0.5, 0.6) is 5.75 Å². The molecule has 0 bridgehead atoms. The second kappa shape index (κ2) is 6.26. The molecule has 0 radical (unpaired) electrons. The summed E-state index contributed by atoms with van der Waals surface area (Å²) < 4.78 is 10.6. The topological polar surface area (TPSA) is 35.5 Å². The van der Waals surface area contributed by atoms with Crippen molar-refractivity contribution in [3.8, 4) is 5.75 Å². The number of halogens is 2. The quantitative estimate of drug-likeness (QED) is 0.717. The molecule has 0 fully saturated rings. The van der Waals surface area contributed by atoms with Crippen LogP contribution in [0, 0.1) is 0 Å². The molecule has 118 valence electrons. The zero-order valence-electron chi connectivity index (χ0n) is 12.6. The van der Waals surface area contributed by atoms with Gasteiger partial charge >= 0.3 is 5.97 Å². The van der Waals surface area contributed by atoms with Crippen LogP contribution in [-0.4, -0.2) is 19.2 Å². The van der Waals surface area contributed by atoms with Gasteiger partial charge in [-0.3, -0.25) is 0 Å². The van der Waals surface area contributed by atoms with Crippen molar-refractivity contribution in [3.05, 3.63) is 69.2 Å². The van der Waals surface area contributed by atoms with E-state index in [1.165, 1.54) is 7.11 Å². The minimum atomic E-state index is -0.395. The second-order valence-electron chi connectivity index (χ2n) is 5.23. The lowest BCUT2D eigenvalue weighted by Gasteiger charge is -2.24. The van der Waals surface area contributed by atoms with Crippen molar-refractivity contribution in [3.63, 3.8) is 0 Å². The molecule has 0 spiro atoms. The number of ether oxygens (including phenoxy) is 2. The molecule has 0 saturated heterocycles. The number of hydrogen-bond acceptors (Lipinski definition) is 3. The van der Waals surface area contributed by atoms with Crippen LogP contribution in [0.1, 0.15) is 28.4 Å². The zero-order chi connectivity index (χ0) is 16.6. The highest BCUT2D eigenvalue weighted by molar-refractivity contribution is 6.36. The molecule has 1 atom stereocenters. The van der Waals surface area contributed by atoms with E-state index in [1.54, 1.807) is 30.3 Å². The molecule has 0 N–H and O–H groups in total. The van der Waals surface area contributed by atoms with E-state index in [2.05, 4.69) is 0 Å². The molecule has 3 nitrogen and oxygen atoms in total. The summed E-state index contributed by atoms with van der Waals surface area (Å²) in [5, 5.41) is 1.12. The number of methoxy groups -OCH3 is 1. The number of hydrogen-bond donors (Lipinski definition) is 0. The largest absolute Gasteiger partial charge is 0.486 e. The van der Waals surface area contributed by atoms with Crippen molar-refractivity contribution in [2.75, 3.05) is 7.11 Å². The van der Waals surface area contributed by atoms with Crippen LogP contribution in [0.25, 0.3) is 5.57 Å². The van der Waals surface area contributed by atoms with E-state index in [4.69, 9.17) is 32.7 Å². The van der Waals surface area contributed by atoms with E-state index < -0.39 is 5.97 Å². The van der Waals surface area contributed by atoms with Crippen molar-refractivity contribution in [1.29, 1.82) is 0 Å². The number of rotatable bonds is 2. The molecule has 0 aromatic heterocycles. The van der Waals surface area contributed by atoms with E-state index in [0.29, 0.717) is 21.4 Å². The summed E-state index contributed by atoms with van der Waals surface area (Å²) in [6, 6.07) is 10.6. The molecule has 0 saturated carbocycles. The van der Waals surface area contributed by atoms with E-state index in [-0.39, 0.29) is 6.10 Å². The highest BCUT2D eigenvalue weighted by Gasteiger charge is 2.22. The molecular weight excluding hydrogens is 335 g/mol. The first-order chi connectivity index (χ1) is 11.0. The fourth-order valence-electron chi connectivity index (χ4n) is 2.59. The summed E-state index contributed by atoms with van der Waals surface area (Å²) >= 11 is 12.3. The molecule has 2 aromatic carbocycles. The Balaban J connectivity index is 2.16. The van der Waals surface area contributed by atoms with Crippen LogP contribution >= 0.6 is 23.2 Å². The van der Waals surface area contributed by atoms with Crippen LogP contribution in [0.2, 0.25) is 10.0 Å². The standard InChI is InChI=1S/C18H14Cl2O3/c1-10-7-14(13-5-4-12(19)9-16(13)20)15-8-11(18(21)22-2)3-6-17(15)23-10/h3-10H,1-2H3. The van der Waals surface area contributed by atoms with Gasteiger partial charge in [-0.1, -0.05) is 29.3 Å². The van der Waals surface area contributed by atoms with Crippen LogP contribution in [0.3, 0.4) is 0 Å². The summed E-state index contributed by atoms with van der Waals surface area (Å²) in [7, 11) is 1.35. The maximum absolute atomic E-state index is 11.8. The smallest absolute Gasteiger partial charge is 0.337 e. The first-order valence-electron chi connectivity index (χ1n) is 7.06. The molecule has 5 heteroatoms. The zero-order valence-corrected chi connectivity index (χ0v) is 14.1. The first kappa shape index (κ1) is 15.9. The monoisotopic (exact) mass is 348 g/mol. The van der Waals surface area contributed by atoms with Gasteiger partial charge in [-0.15, -0.1) is 0 Å². The summed E-state index contributed by atoms with van der Waals surface area (Å²) in [6.07, 6.45) is 1.87. The minimum Gasteiger partial charge on any atom is -0.486 e. The van der Waals surface area contributed by atoms with Gasteiger partial charge in [0.15, 0.2) is 0 Å². The van der Waals surface area contributed by atoms with Gasteiger partial charge < -0.3 is 9.47 Å². The van der Waals surface area contributed by atoms with Crippen molar-refractivity contribution in [1.82, 2.24) is 0 Å². The Kier molecular flexibility index (Phi) is 4.33. The average molecular weight is 349 g/mol. The Morgan fingerprint density at radius 2 is 1.91 bits per heavy atom. The summed E-state index contributed by atoms with van der Waals surface area (Å²) in [5.41, 5.74) is 3.01. The van der Waals surface area contributed by atoms with Gasteiger partial charge in [-0.2, -0.15) is 0 Å². The third-order valence-electron chi connectivity index (χ3n) is 3.63. The summed E-state index contributed by atoms with van der Waals surface area (Å²) in [4.78, 5) is 11.8. The van der Waals surface area contributed by atoms with E-state index in [0.717, 1.165) is 16.7 Å². The molecular formula is C18H14Cl2O3. The number of carbonyl (C=O) groups excluding carboxylic acids is 1. The predicted molar refractivity (Wildman–Crippen MR) is 91.4 cm³/mol. The van der Waals surface area contributed by atoms with Crippen molar-refractivity contribution in [2.24, 2.45) is 0 Å². The normalized spacial score (nSPS) is 16.2. The molecule has 1 aliphatic heterocycles. The summed E-state index contributed by atoms with van der Waals surface area (Å²) in [6.45, 7) is 1.95. The molecule has 2 aromatic rings. The van der Waals surface area contributed by atoms with Gasteiger partial charge in [0.1, 0.15) is 11.9 Å². The van der Waals surface area contributed by atoms with E-state index >= 15 is 0 Å². The molecule has 1 unspecified atom stereocenters. The van der Waals surface area contributed by atoms with Crippen molar-refractivity contribution >= 4 is 34.7 Å². The lowest BCUT2D eigenvalue weighted by Crippen LogP contribution is -2.16. The maximum atomic E-state index is 11.8. The third kappa shape index (κ3) is 3.07. The lowest BCUT2D eigenvalue weighted by molar-refractivity contribution is 0.0600. The third-order valence-corrected chi connectivity index (χ3v) is 4.17. The first-order valence-corrected chi connectivity index (χ1v) is 7.82. The van der Waals surface area contributed by atoms with E-state index in [1.807, 2.05) is 19.1 Å². The highest BCUT2D eigenvalue weighted by Crippen LogP contribution is 2.39. The van der Waals surface area contributed by atoms with Gasteiger partial charge in [-0.25, -0.2) is 4.79 Å². The second-order valence-corrected chi connectivity index (χ2v) is 6.07. The van der Waals surface area contributed by atoms with Gasteiger partial charge in [-0.05, 0) is 48.9 Å². The maximum Gasteiger partial charge on any atom is 0.337 e. The Hall–Kier alpha value is -1.97. The lowest BCUT2D eigenvalue weighted by atomic mass is 9.92. The SMILES string of the molecule is COC(=O)c1ccc2c(c1)C(c1ccc(Cl)cc1Cl)=CC(C)O2. The molecule has 1 aliphatic rings. The molecule has 0 amide bonds. The molecule has 0 aliphatic carbocycles. The highest BCUT2D eigenvalue weighted by atomic mass is 35.5. The Bertz CT molecular complexity index is 812. The van der Waals surface area contributed by atoms with Gasteiger partial charge in [0.25, 0.3) is 0 Å². The van der Waals surface area contributed by atoms with E-state index in [9.17, 15) is 4.79 Å². The molecule has 23 heavy (non-hydrogen) atoms. The van der Waals surface area contributed by atoms with Crippen LogP contribution in [0.15, 0.2) is 42.5 Å². The molecule has 1 heterocycles. The number of carbonyl (C=O) groups is 1. The predicted octanol–water partition coefficient (Wildman–Crippen LogP) is 4.99. The number of fused-ring (bicyclic) bond motifs is 1. The minimum absolute atomic E-state index is 0.103. The fraction of sp³-hybridized carbons (Fsp3) is 0.167. The van der Waals surface area contributed by atoms with Crippen LogP contribution in [-0.2, 0) is 4.74 Å². The van der Waals surface area contributed by atoms with Crippen molar-refractivity contribution < 1.29 is 14.3 Å². The van der Waals surface area contributed by atoms with Gasteiger partial charge in [0.2, 0.25) is 0 Å². The average Bonchev–Trinajstić information content (AvgIpc) is 2.53. The Labute approximate surface area is 144 Å². The Morgan fingerprint density at radius 3 is 2.61 bits per heavy atom. The number of esters is 1. The fourth-order valence-corrected chi connectivity index (χ4v) is 3.10. The van der Waals surface area contributed by atoms with Crippen LogP contribution in [0.4, 0.5) is 0 Å². The Morgan fingerprint density at radius 1 is 1.13 bits per heavy atom. The summed E-state index contributed by atoms with van der Waals surface area (Å²) in [5.74, 6) is 0.307. The van der Waals surface area contributed by atoms with Crippen molar-refractivity contribution in [2.45, 2.75) is 13.0 Å². The van der Waals surface area contributed by atoms with Crippen LogP contribution < -0.4 is 4.74 Å². The van der Waals surface area contributed by atoms with Gasteiger partial charge in [0, 0.05) is 21.2 Å². The molecule has 3 rings (SSSR count).